The molecule has 0 heterocycles. The molecule has 0 saturated heterocycles. The van der Waals surface area contributed by atoms with Crippen LogP contribution < -0.4 is 14.8 Å². The third kappa shape index (κ3) is 5.35. The highest BCUT2D eigenvalue weighted by Crippen LogP contribution is 2.29. The van der Waals surface area contributed by atoms with Gasteiger partial charge in [0.05, 0.1) is 22.2 Å². The number of sulfonamides is 1. The Hall–Kier alpha value is -1.81. The van der Waals surface area contributed by atoms with E-state index in [1.54, 1.807) is 18.2 Å². The topological polar surface area (TPSA) is 84.9 Å². The highest BCUT2D eigenvalue weighted by Gasteiger charge is 2.20. The molecular formula is C17H18BrClN2O5S. The van der Waals surface area contributed by atoms with Gasteiger partial charge in [-0.15, -0.1) is 0 Å². The lowest BCUT2D eigenvalue weighted by Gasteiger charge is -2.15. The van der Waals surface area contributed by atoms with Gasteiger partial charge in [0.2, 0.25) is 10.0 Å². The van der Waals surface area contributed by atoms with E-state index < -0.39 is 15.9 Å². The fourth-order valence-electron chi connectivity index (χ4n) is 2.08. The summed E-state index contributed by atoms with van der Waals surface area (Å²) in [6, 6.07) is 9.13. The first kappa shape index (κ1) is 21.5. The van der Waals surface area contributed by atoms with E-state index in [1.165, 1.54) is 39.4 Å². The molecule has 0 aliphatic rings. The Balaban J connectivity index is 2.16. The number of carbonyl (C=O) groups excluding carboxylic acids is 1. The molecule has 27 heavy (non-hydrogen) atoms. The van der Waals surface area contributed by atoms with Gasteiger partial charge < -0.3 is 14.8 Å². The molecule has 0 radical (unpaired) electrons. The molecule has 0 bridgehead atoms. The van der Waals surface area contributed by atoms with Gasteiger partial charge in [-0.1, -0.05) is 11.6 Å². The zero-order valence-corrected chi connectivity index (χ0v) is 18.0. The van der Waals surface area contributed by atoms with Crippen LogP contribution in [0, 0.1) is 0 Å². The molecule has 1 amide bonds. The van der Waals surface area contributed by atoms with Crippen LogP contribution in [0.1, 0.15) is 0 Å². The molecule has 0 aromatic heterocycles. The number of benzene rings is 2. The smallest absolute Gasteiger partial charge is 0.262 e. The summed E-state index contributed by atoms with van der Waals surface area (Å²) in [6.07, 6.45) is 0. The maximum absolute atomic E-state index is 12.3. The van der Waals surface area contributed by atoms with Gasteiger partial charge in [-0.3, -0.25) is 4.79 Å². The summed E-state index contributed by atoms with van der Waals surface area (Å²) in [5.74, 6) is 0.300. The fourth-order valence-corrected chi connectivity index (χ4v) is 3.80. The Morgan fingerprint density at radius 1 is 1.19 bits per heavy atom. The van der Waals surface area contributed by atoms with Crippen molar-refractivity contribution < 1.29 is 22.7 Å². The monoisotopic (exact) mass is 476 g/mol. The number of ether oxygens (including phenoxy) is 2. The Morgan fingerprint density at radius 2 is 1.85 bits per heavy atom. The van der Waals surface area contributed by atoms with Crippen LogP contribution in [0.3, 0.4) is 0 Å². The molecule has 146 valence electrons. The quantitative estimate of drug-likeness (QED) is 0.661. The van der Waals surface area contributed by atoms with E-state index in [2.05, 4.69) is 21.2 Å². The van der Waals surface area contributed by atoms with Crippen molar-refractivity contribution in [1.29, 1.82) is 0 Å². The van der Waals surface area contributed by atoms with Gasteiger partial charge >= 0.3 is 0 Å². The minimum atomic E-state index is -3.65. The van der Waals surface area contributed by atoms with Gasteiger partial charge in [-0.2, -0.15) is 0 Å². The molecule has 2 aromatic carbocycles. The lowest BCUT2D eigenvalue weighted by Crippen LogP contribution is -2.23. The van der Waals surface area contributed by atoms with E-state index in [4.69, 9.17) is 21.1 Å². The standard InChI is InChI=1S/C17H18BrClN2O5S/c1-21(2)27(23,24)12-5-7-16(25-3)14(9-12)20-17(22)10-26-15-6-4-11(19)8-13(15)18/h4-9H,10H2,1-3H3,(H,20,22). The summed E-state index contributed by atoms with van der Waals surface area (Å²) in [6.45, 7) is -0.284. The second-order valence-corrected chi connectivity index (χ2v) is 9.00. The van der Waals surface area contributed by atoms with Crippen LogP contribution in [0.4, 0.5) is 5.69 Å². The number of carbonyl (C=O) groups is 1. The van der Waals surface area contributed by atoms with E-state index in [9.17, 15) is 13.2 Å². The predicted octanol–water partition coefficient (Wildman–Crippen LogP) is 3.38. The minimum Gasteiger partial charge on any atom is -0.495 e. The number of anilines is 1. The number of nitrogens with one attached hydrogen (secondary N) is 1. The van der Waals surface area contributed by atoms with Crippen molar-refractivity contribution in [3.05, 3.63) is 45.9 Å². The molecule has 0 spiro atoms. The third-order valence-electron chi connectivity index (χ3n) is 3.48. The maximum atomic E-state index is 12.3. The molecule has 0 saturated carbocycles. The second kappa shape index (κ2) is 8.92. The highest BCUT2D eigenvalue weighted by atomic mass is 79.9. The van der Waals surface area contributed by atoms with Crippen molar-refractivity contribution in [2.75, 3.05) is 33.1 Å². The average Bonchev–Trinajstić information content (AvgIpc) is 2.60. The summed E-state index contributed by atoms with van der Waals surface area (Å²) in [5.41, 5.74) is 0.226. The first-order valence-electron chi connectivity index (χ1n) is 7.63. The molecule has 0 aliphatic heterocycles. The van der Waals surface area contributed by atoms with E-state index in [-0.39, 0.29) is 17.2 Å². The fraction of sp³-hybridized carbons (Fsp3) is 0.235. The number of methoxy groups -OCH3 is 1. The van der Waals surface area contributed by atoms with Gasteiger partial charge in [-0.25, -0.2) is 12.7 Å². The zero-order chi connectivity index (χ0) is 20.2. The van der Waals surface area contributed by atoms with Crippen LogP contribution in [-0.4, -0.2) is 46.4 Å². The third-order valence-corrected chi connectivity index (χ3v) is 6.14. The number of halogens is 2. The summed E-state index contributed by atoms with van der Waals surface area (Å²) in [5, 5.41) is 3.13. The molecule has 10 heteroatoms. The molecular weight excluding hydrogens is 460 g/mol. The lowest BCUT2D eigenvalue weighted by molar-refractivity contribution is -0.118. The predicted molar refractivity (Wildman–Crippen MR) is 107 cm³/mol. The van der Waals surface area contributed by atoms with Gasteiger partial charge in [0.1, 0.15) is 11.5 Å². The second-order valence-electron chi connectivity index (χ2n) is 5.56. The van der Waals surface area contributed by atoms with Crippen LogP contribution in [0.2, 0.25) is 5.02 Å². The minimum absolute atomic E-state index is 0.0324. The van der Waals surface area contributed by atoms with E-state index in [1.807, 2.05) is 0 Å². The van der Waals surface area contributed by atoms with Crippen molar-refractivity contribution in [2.45, 2.75) is 4.90 Å². The summed E-state index contributed by atoms with van der Waals surface area (Å²) >= 11 is 9.16. The normalized spacial score (nSPS) is 11.3. The number of hydrogen-bond acceptors (Lipinski definition) is 5. The van der Waals surface area contributed by atoms with Crippen LogP contribution in [0.15, 0.2) is 45.8 Å². The van der Waals surface area contributed by atoms with Gasteiger partial charge in [0, 0.05) is 19.1 Å². The first-order valence-corrected chi connectivity index (χ1v) is 10.2. The number of amides is 1. The lowest BCUT2D eigenvalue weighted by atomic mass is 10.3. The number of rotatable bonds is 7. The largest absolute Gasteiger partial charge is 0.495 e. The first-order chi connectivity index (χ1) is 12.6. The van der Waals surface area contributed by atoms with E-state index >= 15 is 0 Å². The van der Waals surface area contributed by atoms with Crippen molar-refractivity contribution in [3.8, 4) is 11.5 Å². The van der Waals surface area contributed by atoms with Gasteiger partial charge in [0.15, 0.2) is 6.61 Å². The highest BCUT2D eigenvalue weighted by molar-refractivity contribution is 9.10. The van der Waals surface area contributed by atoms with Crippen LogP contribution in [0.5, 0.6) is 11.5 Å². The van der Waals surface area contributed by atoms with E-state index in [0.29, 0.717) is 21.0 Å². The molecule has 2 rings (SSSR count). The molecule has 1 N–H and O–H groups in total. The molecule has 0 unspecified atom stereocenters. The Labute approximate surface area is 171 Å². The summed E-state index contributed by atoms with van der Waals surface area (Å²) < 4.78 is 36.9. The van der Waals surface area contributed by atoms with Crippen LogP contribution in [0.25, 0.3) is 0 Å². The van der Waals surface area contributed by atoms with Crippen LogP contribution >= 0.6 is 27.5 Å². The molecule has 0 atom stereocenters. The van der Waals surface area contributed by atoms with Crippen molar-refractivity contribution in [1.82, 2.24) is 4.31 Å². The van der Waals surface area contributed by atoms with Crippen molar-refractivity contribution >= 4 is 49.1 Å². The van der Waals surface area contributed by atoms with Crippen molar-refractivity contribution in [3.63, 3.8) is 0 Å². The summed E-state index contributed by atoms with van der Waals surface area (Å²) in [4.78, 5) is 12.3. The SMILES string of the molecule is COc1ccc(S(=O)(=O)N(C)C)cc1NC(=O)COc1ccc(Cl)cc1Br. The molecule has 0 aliphatic carbocycles. The Kier molecular flexibility index (Phi) is 7.10. The average molecular weight is 478 g/mol. The van der Waals surface area contributed by atoms with Crippen molar-refractivity contribution in [2.24, 2.45) is 0 Å². The van der Waals surface area contributed by atoms with Crippen LogP contribution in [-0.2, 0) is 14.8 Å². The number of hydrogen-bond donors (Lipinski definition) is 1. The zero-order valence-electron chi connectivity index (χ0n) is 14.8. The van der Waals surface area contributed by atoms with Gasteiger partial charge in [0.25, 0.3) is 5.91 Å². The summed E-state index contributed by atoms with van der Waals surface area (Å²) in [7, 11) is 0.627. The molecule has 7 nitrogen and oxygen atoms in total. The van der Waals surface area contributed by atoms with E-state index in [0.717, 1.165) is 4.31 Å². The maximum Gasteiger partial charge on any atom is 0.262 e. The molecule has 2 aromatic rings. The van der Waals surface area contributed by atoms with Gasteiger partial charge in [-0.05, 0) is 52.3 Å². The Morgan fingerprint density at radius 3 is 2.44 bits per heavy atom. The molecule has 0 fully saturated rings. The Bertz CT molecular complexity index is 950. The number of nitrogens with zero attached hydrogens (tertiary/aromatic N) is 1.